The van der Waals surface area contributed by atoms with Crippen LogP contribution in [0.4, 0.5) is 0 Å². The van der Waals surface area contributed by atoms with Crippen LogP contribution in [0.1, 0.15) is 31.1 Å². The van der Waals surface area contributed by atoms with Gasteiger partial charge in [-0.3, -0.25) is 4.79 Å². The third-order valence-electron chi connectivity index (χ3n) is 5.73. The minimum absolute atomic E-state index is 0.0957. The SMILES string of the molecule is CCOc1ccc2[nH]c(=O)c(CN(CCN3CCCC3)C(=S)NCc3ccco3)cc2c1. The van der Waals surface area contributed by atoms with Crippen LogP contribution in [-0.2, 0) is 13.1 Å². The van der Waals surface area contributed by atoms with Crippen molar-refractivity contribution in [3.8, 4) is 5.75 Å². The summed E-state index contributed by atoms with van der Waals surface area (Å²) in [7, 11) is 0. The van der Waals surface area contributed by atoms with Gasteiger partial charge in [0.25, 0.3) is 5.56 Å². The maximum Gasteiger partial charge on any atom is 0.253 e. The van der Waals surface area contributed by atoms with Crippen molar-refractivity contribution < 1.29 is 9.15 Å². The Balaban J connectivity index is 1.52. The molecule has 3 heterocycles. The molecule has 1 aliphatic rings. The van der Waals surface area contributed by atoms with Gasteiger partial charge in [-0.1, -0.05) is 0 Å². The highest BCUT2D eigenvalue weighted by atomic mass is 32.1. The van der Waals surface area contributed by atoms with Crippen LogP contribution in [0.15, 0.2) is 51.9 Å². The van der Waals surface area contributed by atoms with Crippen molar-refractivity contribution >= 4 is 28.2 Å². The van der Waals surface area contributed by atoms with E-state index in [1.807, 2.05) is 43.3 Å². The highest BCUT2D eigenvalue weighted by molar-refractivity contribution is 7.80. The van der Waals surface area contributed by atoms with Gasteiger partial charge in [-0.15, -0.1) is 0 Å². The van der Waals surface area contributed by atoms with Gasteiger partial charge in [-0.2, -0.15) is 0 Å². The molecule has 32 heavy (non-hydrogen) atoms. The number of benzene rings is 1. The van der Waals surface area contributed by atoms with E-state index in [1.54, 1.807) is 6.26 Å². The first-order valence-electron chi connectivity index (χ1n) is 11.2. The van der Waals surface area contributed by atoms with Crippen LogP contribution >= 0.6 is 12.2 Å². The van der Waals surface area contributed by atoms with E-state index in [9.17, 15) is 4.79 Å². The molecule has 8 heteroatoms. The Morgan fingerprint density at radius 2 is 2.12 bits per heavy atom. The van der Waals surface area contributed by atoms with Gasteiger partial charge in [0.15, 0.2) is 5.11 Å². The summed E-state index contributed by atoms with van der Waals surface area (Å²) in [5, 5.41) is 4.83. The van der Waals surface area contributed by atoms with Gasteiger partial charge >= 0.3 is 0 Å². The third-order valence-corrected chi connectivity index (χ3v) is 6.13. The first-order chi connectivity index (χ1) is 15.6. The summed E-state index contributed by atoms with van der Waals surface area (Å²) in [6.45, 7) is 7.41. The molecule has 0 spiro atoms. The summed E-state index contributed by atoms with van der Waals surface area (Å²) in [4.78, 5) is 20.3. The number of thiocarbonyl (C=S) groups is 1. The molecule has 1 aliphatic heterocycles. The summed E-state index contributed by atoms with van der Waals surface area (Å²) in [6.07, 6.45) is 4.14. The summed E-state index contributed by atoms with van der Waals surface area (Å²) >= 11 is 5.70. The number of nitrogens with zero attached hydrogens (tertiary/aromatic N) is 2. The Hall–Kier alpha value is -2.84. The van der Waals surface area contributed by atoms with E-state index in [1.165, 1.54) is 12.8 Å². The molecular weight excluding hydrogens is 424 g/mol. The summed E-state index contributed by atoms with van der Waals surface area (Å²) in [5.74, 6) is 1.61. The zero-order valence-electron chi connectivity index (χ0n) is 18.4. The average molecular weight is 455 g/mol. The van der Waals surface area contributed by atoms with Crippen LogP contribution in [0.5, 0.6) is 5.75 Å². The molecule has 0 amide bonds. The van der Waals surface area contributed by atoms with Gasteiger partial charge in [0.05, 0.1) is 26.0 Å². The molecular formula is C24H30N4O3S. The smallest absolute Gasteiger partial charge is 0.253 e. The van der Waals surface area contributed by atoms with Crippen molar-refractivity contribution in [2.24, 2.45) is 0 Å². The molecule has 4 rings (SSSR count). The molecule has 7 nitrogen and oxygen atoms in total. The van der Waals surface area contributed by atoms with E-state index in [4.69, 9.17) is 21.4 Å². The Morgan fingerprint density at radius 1 is 1.28 bits per heavy atom. The predicted octanol–water partition coefficient (Wildman–Crippen LogP) is 3.49. The quantitative estimate of drug-likeness (QED) is 0.480. The number of hydrogen-bond donors (Lipinski definition) is 2. The second kappa shape index (κ2) is 10.7. The number of ether oxygens (including phenoxy) is 1. The fourth-order valence-electron chi connectivity index (χ4n) is 4.02. The van der Waals surface area contributed by atoms with Gasteiger partial charge < -0.3 is 29.3 Å². The van der Waals surface area contributed by atoms with Crippen molar-refractivity contribution in [3.05, 3.63) is 64.3 Å². The molecule has 1 fully saturated rings. The largest absolute Gasteiger partial charge is 0.494 e. The summed E-state index contributed by atoms with van der Waals surface area (Å²) < 4.78 is 11.0. The van der Waals surface area contributed by atoms with Crippen molar-refractivity contribution in [1.82, 2.24) is 20.1 Å². The average Bonchev–Trinajstić information content (AvgIpc) is 3.50. The topological polar surface area (TPSA) is 73.7 Å². The van der Waals surface area contributed by atoms with E-state index >= 15 is 0 Å². The van der Waals surface area contributed by atoms with Gasteiger partial charge in [-0.05, 0) is 81.5 Å². The fraction of sp³-hybridized carbons (Fsp3) is 0.417. The zero-order chi connectivity index (χ0) is 22.3. The molecule has 0 aliphatic carbocycles. The maximum atomic E-state index is 12.8. The van der Waals surface area contributed by atoms with Crippen LogP contribution in [0.2, 0.25) is 0 Å². The molecule has 2 aromatic heterocycles. The van der Waals surface area contributed by atoms with Crippen LogP contribution in [0, 0.1) is 0 Å². The number of nitrogens with one attached hydrogen (secondary N) is 2. The van der Waals surface area contributed by atoms with Crippen LogP contribution in [0.3, 0.4) is 0 Å². The number of likely N-dealkylation sites (tertiary alicyclic amines) is 1. The Bertz CT molecular complexity index is 1090. The van der Waals surface area contributed by atoms with E-state index in [-0.39, 0.29) is 5.56 Å². The van der Waals surface area contributed by atoms with Gasteiger partial charge in [0, 0.05) is 29.6 Å². The molecule has 2 N–H and O–H groups in total. The molecule has 0 unspecified atom stereocenters. The van der Waals surface area contributed by atoms with E-state index < -0.39 is 0 Å². The maximum absolute atomic E-state index is 12.8. The lowest BCUT2D eigenvalue weighted by Gasteiger charge is -2.28. The number of H-pyrrole nitrogens is 1. The van der Waals surface area contributed by atoms with Gasteiger partial charge in [-0.25, -0.2) is 0 Å². The molecule has 1 saturated heterocycles. The van der Waals surface area contributed by atoms with Gasteiger partial charge in [0.1, 0.15) is 11.5 Å². The predicted molar refractivity (Wildman–Crippen MR) is 130 cm³/mol. The minimum Gasteiger partial charge on any atom is -0.494 e. The molecule has 1 aromatic carbocycles. The third kappa shape index (κ3) is 5.69. The zero-order valence-corrected chi connectivity index (χ0v) is 19.2. The van der Waals surface area contributed by atoms with Crippen molar-refractivity contribution in [1.29, 1.82) is 0 Å². The highest BCUT2D eigenvalue weighted by Gasteiger charge is 2.17. The first kappa shape index (κ1) is 22.4. The fourth-order valence-corrected chi connectivity index (χ4v) is 4.25. The number of fused-ring (bicyclic) bond motifs is 1. The summed E-state index contributed by atoms with van der Waals surface area (Å²) in [5.41, 5.74) is 1.38. The molecule has 0 bridgehead atoms. The number of furan rings is 1. The number of rotatable bonds is 9. The normalized spacial score (nSPS) is 14.0. The van der Waals surface area contributed by atoms with E-state index in [0.29, 0.717) is 30.4 Å². The van der Waals surface area contributed by atoms with Crippen LogP contribution < -0.4 is 15.6 Å². The Morgan fingerprint density at radius 3 is 2.88 bits per heavy atom. The Labute approximate surface area is 193 Å². The summed E-state index contributed by atoms with van der Waals surface area (Å²) in [6, 6.07) is 11.4. The lowest BCUT2D eigenvalue weighted by Crippen LogP contribution is -2.43. The highest BCUT2D eigenvalue weighted by Crippen LogP contribution is 2.20. The minimum atomic E-state index is -0.0957. The number of hydrogen-bond acceptors (Lipinski definition) is 5. The van der Waals surface area contributed by atoms with Crippen LogP contribution in [0.25, 0.3) is 10.9 Å². The van der Waals surface area contributed by atoms with Crippen molar-refractivity contribution in [2.45, 2.75) is 32.9 Å². The number of aromatic nitrogens is 1. The Kier molecular flexibility index (Phi) is 7.44. The van der Waals surface area contributed by atoms with Crippen LogP contribution in [-0.4, -0.2) is 52.7 Å². The van der Waals surface area contributed by atoms with E-state index in [0.717, 1.165) is 48.6 Å². The van der Waals surface area contributed by atoms with E-state index in [2.05, 4.69) is 20.1 Å². The molecule has 3 aromatic rings. The monoisotopic (exact) mass is 454 g/mol. The second-order valence-electron chi connectivity index (χ2n) is 8.01. The second-order valence-corrected chi connectivity index (χ2v) is 8.40. The number of aromatic amines is 1. The molecule has 0 radical (unpaired) electrons. The lowest BCUT2D eigenvalue weighted by atomic mass is 10.1. The first-order valence-corrected chi connectivity index (χ1v) is 11.6. The van der Waals surface area contributed by atoms with Gasteiger partial charge in [0.2, 0.25) is 0 Å². The number of pyridine rings is 1. The standard InChI is InChI=1S/C24H30N4O3S/c1-2-30-20-7-8-22-18(15-20)14-19(23(29)26-22)17-28(12-11-27-9-3-4-10-27)24(32)25-16-21-6-5-13-31-21/h5-8,13-15H,2-4,9-12,16-17H2,1H3,(H,25,32)(H,26,29). The molecule has 0 atom stereocenters. The molecule has 170 valence electrons. The van der Waals surface area contributed by atoms with Crippen molar-refractivity contribution in [2.75, 3.05) is 32.8 Å². The lowest BCUT2D eigenvalue weighted by molar-refractivity contribution is 0.285. The van der Waals surface area contributed by atoms with Crippen molar-refractivity contribution in [3.63, 3.8) is 0 Å². The molecule has 0 saturated carbocycles.